The van der Waals surface area contributed by atoms with E-state index in [0.29, 0.717) is 17.0 Å². The van der Waals surface area contributed by atoms with Gasteiger partial charge in [0.1, 0.15) is 17.4 Å². The van der Waals surface area contributed by atoms with Crippen LogP contribution in [0.25, 0.3) is 0 Å². The summed E-state index contributed by atoms with van der Waals surface area (Å²) in [6, 6.07) is 9.96. The molecule has 0 atom stereocenters. The molecule has 2 rings (SSSR count). The third-order valence-corrected chi connectivity index (χ3v) is 2.35. The van der Waals surface area contributed by atoms with Crippen molar-refractivity contribution in [1.82, 2.24) is 4.98 Å². The van der Waals surface area contributed by atoms with Gasteiger partial charge in [0.05, 0.1) is 17.4 Å². The first-order valence-electron chi connectivity index (χ1n) is 5.34. The van der Waals surface area contributed by atoms with E-state index in [0.717, 1.165) is 0 Å². The number of nitrogens with two attached hydrogens (primary N) is 2. The SMILES string of the molecule is N#Cc1ccccc1Oc1ncc(N)cc1C(N)=O. The van der Waals surface area contributed by atoms with Crippen molar-refractivity contribution in [2.75, 3.05) is 5.73 Å². The van der Waals surface area contributed by atoms with E-state index in [2.05, 4.69) is 4.98 Å². The summed E-state index contributed by atoms with van der Waals surface area (Å²) in [4.78, 5) is 15.2. The molecule has 94 valence electrons. The number of rotatable bonds is 3. The Morgan fingerprint density at radius 1 is 1.37 bits per heavy atom. The van der Waals surface area contributed by atoms with Crippen LogP contribution in [0.1, 0.15) is 15.9 Å². The van der Waals surface area contributed by atoms with Gasteiger partial charge < -0.3 is 16.2 Å². The van der Waals surface area contributed by atoms with Gasteiger partial charge in [-0.3, -0.25) is 4.79 Å². The molecule has 0 saturated heterocycles. The van der Waals surface area contributed by atoms with Crippen LogP contribution in [0.3, 0.4) is 0 Å². The molecule has 0 bridgehead atoms. The maximum Gasteiger partial charge on any atom is 0.254 e. The molecular weight excluding hydrogens is 244 g/mol. The van der Waals surface area contributed by atoms with E-state index in [1.54, 1.807) is 24.3 Å². The molecule has 0 spiro atoms. The molecule has 1 heterocycles. The Morgan fingerprint density at radius 2 is 2.11 bits per heavy atom. The van der Waals surface area contributed by atoms with E-state index < -0.39 is 5.91 Å². The number of nitriles is 1. The van der Waals surface area contributed by atoms with Crippen molar-refractivity contribution in [2.24, 2.45) is 5.73 Å². The molecule has 1 aromatic carbocycles. The zero-order valence-electron chi connectivity index (χ0n) is 9.83. The van der Waals surface area contributed by atoms with Gasteiger partial charge in [-0.05, 0) is 18.2 Å². The highest BCUT2D eigenvalue weighted by Gasteiger charge is 2.14. The number of benzene rings is 1. The summed E-state index contributed by atoms with van der Waals surface area (Å²) in [5.74, 6) is -0.390. The molecule has 0 saturated carbocycles. The largest absolute Gasteiger partial charge is 0.437 e. The Labute approximate surface area is 109 Å². The van der Waals surface area contributed by atoms with Crippen LogP contribution in [0.5, 0.6) is 11.6 Å². The van der Waals surface area contributed by atoms with E-state index in [-0.39, 0.29) is 11.4 Å². The van der Waals surface area contributed by atoms with E-state index in [9.17, 15) is 4.79 Å². The number of nitrogens with zero attached hydrogens (tertiary/aromatic N) is 2. The van der Waals surface area contributed by atoms with E-state index in [1.807, 2.05) is 6.07 Å². The minimum atomic E-state index is -0.704. The molecule has 1 amide bonds. The van der Waals surface area contributed by atoms with Crippen molar-refractivity contribution >= 4 is 11.6 Å². The molecule has 6 heteroatoms. The van der Waals surface area contributed by atoms with Crippen LogP contribution < -0.4 is 16.2 Å². The quantitative estimate of drug-likeness (QED) is 0.859. The lowest BCUT2D eigenvalue weighted by atomic mass is 10.2. The lowest BCUT2D eigenvalue weighted by Crippen LogP contribution is -2.13. The van der Waals surface area contributed by atoms with E-state index in [4.69, 9.17) is 21.5 Å². The topological polar surface area (TPSA) is 115 Å². The fraction of sp³-hybridized carbons (Fsp3) is 0. The van der Waals surface area contributed by atoms with Crippen molar-refractivity contribution in [1.29, 1.82) is 5.26 Å². The van der Waals surface area contributed by atoms with Crippen LogP contribution in [0.4, 0.5) is 5.69 Å². The molecule has 2 aromatic rings. The number of nitrogen functional groups attached to an aromatic ring is 1. The molecule has 0 aliphatic rings. The van der Waals surface area contributed by atoms with Gasteiger partial charge in [-0.2, -0.15) is 5.26 Å². The van der Waals surface area contributed by atoms with Gasteiger partial charge in [0.15, 0.2) is 0 Å². The monoisotopic (exact) mass is 254 g/mol. The number of ether oxygens (including phenoxy) is 1. The van der Waals surface area contributed by atoms with Crippen LogP contribution >= 0.6 is 0 Å². The molecule has 0 aliphatic heterocycles. The number of hydrogen-bond acceptors (Lipinski definition) is 5. The highest BCUT2D eigenvalue weighted by Crippen LogP contribution is 2.26. The number of aromatic nitrogens is 1. The molecule has 0 radical (unpaired) electrons. The first kappa shape index (κ1) is 12.4. The summed E-state index contributed by atoms with van der Waals surface area (Å²) in [7, 11) is 0. The number of primary amides is 1. The van der Waals surface area contributed by atoms with Gasteiger partial charge in [-0.15, -0.1) is 0 Å². The first-order chi connectivity index (χ1) is 9.11. The van der Waals surface area contributed by atoms with Crippen molar-refractivity contribution in [3.05, 3.63) is 47.7 Å². The normalized spacial score (nSPS) is 9.63. The lowest BCUT2D eigenvalue weighted by Gasteiger charge is -2.09. The zero-order valence-corrected chi connectivity index (χ0v) is 9.83. The molecule has 1 aromatic heterocycles. The van der Waals surface area contributed by atoms with Gasteiger partial charge >= 0.3 is 0 Å². The lowest BCUT2D eigenvalue weighted by molar-refractivity contribution is 0.0997. The van der Waals surface area contributed by atoms with Gasteiger partial charge in [0, 0.05) is 0 Å². The Kier molecular flexibility index (Phi) is 3.30. The standard InChI is InChI=1S/C13H10N4O2/c14-6-8-3-1-2-4-11(8)19-13-10(12(16)18)5-9(15)7-17-13/h1-5,7H,15H2,(H2,16,18). The zero-order chi connectivity index (χ0) is 13.8. The maximum absolute atomic E-state index is 11.3. The minimum absolute atomic E-state index is 0.0180. The van der Waals surface area contributed by atoms with Crippen LogP contribution in [0.2, 0.25) is 0 Å². The van der Waals surface area contributed by atoms with Crippen molar-refractivity contribution in [3.8, 4) is 17.7 Å². The number of carbonyl (C=O) groups excluding carboxylic acids is 1. The maximum atomic E-state index is 11.3. The Bertz CT molecular complexity index is 677. The molecule has 4 N–H and O–H groups in total. The Morgan fingerprint density at radius 3 is 2.79 bits per heavy atom. The summed E-state index contributed by atoms with van der Waals surface area (Å²) in [5.41, 5.74) is 11.5. The average molecular weight is 254 g/mol. The van der Waals surface area contributed by atoms with Crippen LogP contribution in [0.15, 0.2) is 36.5 Å². The number of pyridine rings is 1. The van der Waals surface area contributed by atoms with Crippen LogP contribution in [0, 0.1) is 11.3 Å². The molecule has 0 fully saturated rings. The summed E-state index contributed by atoms with van der Waals surface area (Å²) in [6.07, 6.45) is 1.34. The number of amides is 1. The predicted molar refractivity (Wildman–Crippen MR) is 68.4 cm³/mol. The predicted octanol–water partition coefficient (Wildman–Crippen LogP) is 1.43. The van der Waals surface area contributed by atoms with Gasteiger partial charge in [-0.25, -0.2) is 4.98 Å². The van der Waals surface area contributed by atoms with E-state index in [1.165, 1.54) is 12.3 Å². The second-order valence-electron chi connectivity index (χ2n) is 3.70. The number of hydrogen-bond donors (Lipinski definition) is 2. The second-order valence-corrected chi connectivity index (χ2v) is 3.70. The van der Waals surface area contributed by atoms with Gasteiger partial charge in [0.25, 0.3) is 5.91 Å². The number of carbonyl (C=O) groups is 1. The fourth-order valence-corrected chi connectivity index (χ4v) is 1.48. The van der Waals surface area contributed by atoms with Crippen molar-refractivity contribution in [3.63, 3.8) is 0 Å². The molecular formula is C13H10N4O2. The minimum Gasteiger partial charge on any atom is -0.437 e. The smallest absolute Gasteiger partial charge is 0.254 e. The van der Waals surface area contributed by atoms with Crippen molar-refractivity contribution < 1.29 is 9.53 Å². The molecule has 19 heavy (non-hydrogen) atoms. The summed E-state index contributed by atoms with van der Waals surface area (Å²) in [5, 5.41) is 8.96. The highest BCUT2D eigenvalue weighted by atomic mass is 16.5. The summed E-state index contributed by atoms with van der Waals surface area (Å²) >= 11 is 0. The van der Waals surface area contributed by atoms with Crippen LogP contribution in [-0.4, -0.2) is 10.9 Å². The van der Waals surface area contributed by atoms with Gasteiger partial charge in [0.2, 0.25) is 5.88 Å². The average Bonchev–Trinajstić information content (AvgIpc) is 2.41. The molecule has 6 nitrogen and oxygen atoms in total. The fourth-order valence-electron chi connectivity index (χ4n) is 1.48. The number of para-hydroxylation sites is 1. The van der Waals surface area contributed by atoms with E-state index >= 15 is 0 Å². The third-order valence-electron chi connectivity index (χ3n) is 2.35. The summed E-state index contributed by atoms with van der Waals surface area (Å²) in [6.45, 7) is 0. The van der Waals surface area contributed by atoms with Crippen molar-refractivity contribution in [2.45, 2.75) is 0 Å². The highest BCUT2D eigenvalue weighted by molar-refractivity contribution is 5.95. The molecule has 0 unspecified atom stereocenters. The van der Waals surface area contributed by atoms with Gasteiger partial charge in [-0.1, -0.05) is 12.1 Å². The Hall–Kier alpha value is -3.07. The second kappa shape index (κ2) is 5.06. The Balaban J connectivity index is 2.44. The first-order valence-corrected chi connectivity index (χ1v) is 5.34. The number of anilines is 1. The third kappa shape index (κ3) is 2.61. The molecule has 0 aliphatic carbocycles. The van der Waals surface area contributed by atoms with Crippen LogP contribution in [-0.2, 0) is 0 Å². The summed E-state index contributed by atoms with van der Waals surface area (Å²) < 4.78 is 5.46.